The van der Waals surface area contributed by atoms with Crippen LogP contribution in [0.3, 0.4) is 0 Å². The van der Waals surface area contributed by atoms with Crippen LogP contribution in [0.4, 0.5) is 4.79 Å². The van der Waals surface area contributed by atoms with Gasteiger partial charge in [-0.2, -0.15) is 0 Å². The molecule has 0 radical (unpaired) electrons. The van der Waals surface area contributed by atoms with Gasteiger partial charge in [0.1, 0.15) is 15.4 Å². The predicted molar refractivity (Wildman–Crippen MR) is 70.3 cm³/mol. The molecule has 0 aromatic rings. The predicted octanol–water partition coefficient (Wildman–Crippen LogP) is 1.82. The van der Waals surface area contributed by atoms with E-state index in [1.54, 1.807) is 25.7 Å². The van der Waals surface area contributed by atoms with Crippen LogP contribution in [-0.2, 0) is 14.6 Å². The first-order valence-corrected chi connectivity index (χ1v) is 8.32. The molecule has 0 aliphatic carbocycles. The molecule has 1 saturated heterocycles. The third kappa shape index (κ3) is 5.25. The van der Waals surface area contributed by atoms with E-state index in [2.05, 4.69) is 0 Å². The second kappa shape index (κ2) is 5.47. The Morgan fingerprint density at radius 1 is 1.33 bits per heavy atom. The lowest BCUT2D eigenvalue weighted by molar-refractivity contribution is 0.0124. The van der Waals surface area contributed by atoms with Crippen LogP contribution in [-0.4, -0.2) is 49.6 Å². The minimum Gasteiger partial charge on any atom is -0.444 e. The standard InChI is InChI=1S/C12H23NO4S/c1-12(2,3)17-11(14)13-8-6-5-7-10(13)9-18(4,15)16/h10H,5-9H2,1-4H3/t10-/m0/s1. The summed E-state index contributed by atoms with van der Waals surface area (Å²) in [5.74, 6) is 0.0201. The Balaban J connectivity index is 2.73. The fraction of sp³-hybridized carbons (Fsp3) is 0.917. The molecule has 0 saturated carbocycles. The second-order valence-corrected chi connectivity index (χ2v) is 8.10. The number of nitrogens with zero attached hydrogens (tertiary/aromatic N) is 1. The van der Waals surface area contributed by atoms with Gasteiger partial charge in [0.05, 0.1) is 5.75 Å². The van der Waals surface area contributed by atoms with E-state index in [-0.39, 0.29) is 11.8 Å². The molecule has 0 spiro atoms. The number of hydrogen-bond donors (Lipinski definition) is 0. The van der Waals surface area contributed by atoms with Crippen LogP contribution >= 0.6 is 0 Å². The molecule has 1 rings (SSSR count). The van der Waals surface area contributed by atoms with E-state index in [0.717, 1.165) is 19.3 Å². The molecule has 0 unspecified atom stereocenters. The Morgan fingerprint density at radius 2 is 1.94 bits per heavy atom. The summed E-state index contributed by atoms with van der Waals surface area (Å²) in [5, 5.41) is 0. The smallest absolute Gasteiger partial charge is 0.410 e. The van der Waals surface area contributed by atoms with Crippen molar-refractivity contribution in [3.8, 4) is 0 Å². The van der Waals surface area contributed by atoms with Gasteiger partial charge in [0.2, 0.25) is 0 Å². The second-order valence-electron chi connectivity index (χ2n) is 5.92. The van der Waals surface area contributed by atoms with E-state index >= 15 is 0 Å². The lowest BCUT2D eigenvalue weighted by atomic mass is 10.0. The van der Waals surface area contributed by atoms with Gasteiger partial charge in [-0.05, 0) is 40.0 Å². The van der Waals surface area contributed by atoms with Gasteiger partial charge >= 0.3 is 6.09 Å². The minimum absolute atomic E-state index is 0.0201. The Bertz CT molecular complexity index is 397. The van der Waals surface area contributed by atoms with E-state index in [1.807, 2.05) is 0 Å². The number of piperidine rings is 1. The zero-order valence-corrected chi connectivity index (χ0v) is 12.4. The van der Waals surface area contributed by atoms with Crippen molar-refractivity contribution >= 4 is 15.9 Å². The van der Waals surface area contributed by atoms with Gasteiger partial charge in [-0.25, -0.2) is 13.2 Å². The Hall–Kier alpha value is -0.780. The minimum atomic E-state index is -3.08. The van der Waals surface area contributed by atoms with Crippen molar-refractivity contribution in [3.05, 3.63) is 0 Å². The van der Waals surface area contributed by atoms with Crippen molar-refractivity contribution in [3.63, 3.8) is 0 Å². The summed E-state index contributed by atoms with van der Waals surface area (Å²) >= 11 is 0. The zero-order chi connectivity index (χ0) is 14.0. The van der Waals surface area contributed by atoms with Crippen LogP contribution < -0.4 is 0 Å². The van der Waals surface area contributed by atoms with Crippen molar-refractivity contribution in [1.82, 2.24) is 4.90 Å². The number of sulfone groups is 1. The van der Waals surface area contributed by atoms with Crippen molar-refractivity contribution in [2.75, 3.05) is 18.6 Å². The van der Waals surface area contributed by atoms with E-state index in [1.165, 1.54) is 6.26 Å². The fourth-order valence-electron chi connectivity index (χ4n) is 2.08. The van der Waals surface area contributed by atoms with Gasteiger partial charge in [0, 0.05) is 18.8 Å². The number of likely N-dealkylation sites (tertiary alicyclic amines) is 1. The highest BCUT2D eigenvalue weighted by Crippen LogP contribution is 2.21. The van der Waals surface area contributed by atoms with Crippen LogP contribution in [0.2, 0.25) is 0 Å². The number of carbonyl (C=O) groups is 1. The highest BCUT2D eigenvalue weighted by atomic mass is 32.2. The van der Waals surface area contributed by atoms with Gasteiger partial charge in [0.15, 0.2) is 0 Å². The number of hydrogen-bond acceptors (Lipinski definition) is 4. The van der Waals surface area contributed by atoms with Crippen LogP contribution in [0.1, 0.15) is 40.0 Å². The highest BCUT2D eigenvalue weighted by Gasteiger charge is 2.32. The summed E-state index contributed by atoms with van der Waals surface area (Å²) in [7, 11) is -3.08. The molecule has 1 heterocycles. The van der Waals surface area contributed by atoms with Crippen LogP contribution in [0.15, 0.2) is 0 Å². The molecule has 0 aromatic carbocycles. The van der Waals surface area contributed by atoms with Crippen molar-refractivity contribution in [1.29, 1.82) is 0 Å². The number of carbonyl (C=O) groups excluding carboxylic acids is 1. The maximum atomic E-state index is 12.0. The zero-order valence-electron chi connectivity index (χ0n) is 11.6. The largest absolute Gasteiger partial charge is 0.444 e. The quantitative estimate of drug-likeness (QED) is 0.772. The van der Waals surface area contributed by atoms with Crippen molar-refractivity contribution in [2.45, 2.75) is 51.7 Å². The third-order valence-electron chi connectivity index (χ3n) is 2.75. The van der Waals surface area contributed by atoms with E-state index in [9.17, 15) is 13.2 Å². The molecule has 0 aromatic heterocycles. The maximum absolute atomic E-state index is 12.0. The summed E-state index contributed by atoms with van der Waals surface area (Å²) in [6, 6.07) is -0.247. The monoisotopic (exact) mass is 277 g/mol. The molecular formula is C12H23NO4S. The normalized spacial score (nSPS) is 21.8. The number of amides is 1. The SMILES string of the molecule is CC(C)(C)OC(=O)N1CCCC[C@H]1CS(C)(=O)=O. The Morgan fingerprint density at radius 3 is 2.44 bits per heavy atom. The first-order valence-electron chi connectivity index (χ1n) is 6.26. The fourth-order valence-corrected chi connectivity index (χ4v) is 3.13. The Kier molecular flexibility index (Phi) is 4.64. The van der Waals surface area contributed by atoms with Gasteiger partial charge in [0.25, 0.3) is 0 Å². The lowest BCUT2D eigenvalue weighted by Crippen LogP contribution is -2.48. The van der Waals surface area contributed by atoms with E-state index < -0.39 is 21.5 Å². The molecule has 5 nitrogen and oxygen atoms in total. The van der Waals surface area contributed by atoms with Gasteiger partial charge in [-0.1, -0.05) is 0 Å². The molecule has 0 N–H and O–H groups in total. The third-order valence-corrected chi connectivity index (χ3v) is 3.74. The summed E-state index contributed by atoms with van der Waals surface area (Å²) in [5.41, 5.74) is -0.551. The summed E-state index contributed by atoms with van der Waals surface area (Å²) in [6.07, 6.45) is 3.39. The van der Waals surface area contributed by atoms with Crippen LogP contribution in [0, 0.1) is 0 Å². The molecule has 1 aliphatic rings. The summed E-state index contributed by atoms with van der Waals surface area (Å²) in [6.45, 7) is 6.00. The van der Waals surface area contributed by atoms with Gasteiger partial charge in [-0.15, -0.1) is 0 Å². The van der Waals surface area contributed by atoms with Crippen LogP contribution in [0.25, 0.3) is 0 Å². The molecule has 1 fully saturated rings. The molecule has 1 atom stereocenters. The van der Waals surface area contributed by atoms with Gasteiger partial charge in [-0.3, -0.25) is 0 Å². The molecule has 1 amide bonds. The first kappa shape index (κ1) is 15.3. The van der Waals surface area contributed by atoms with E-state index in [4.69, 9.17) is 4.74 Å². The summed E-state index contributed by atoms with van der Waals surface area (Å²) < 4.78 is 28.1. The average molecular weight is 277 g/mol. The molecule has 106 valence electrons. The molecule has 1 aliphatic heterocycles. The lowest BCUT2D eigenvalue weighted by Gasteiger charge is -2.36. The van der Waals surface area contributed by atoms with E-state index in [0.29, 0.717) is 6.54 Å². The average Bonchev–Trinajstić information content (AvgIpc) is 2.12. The maximum Gasteiger partial charge on any atom is 0.410 e. The van der Waals surface area contributed by atoms with Crippen LogP contribution in [0.5, 0.6) is 0 Å². The van der Waals surface area contributed by atoms with Gasteiger partial charge < -0.3 is 9.64 Å². The Labute approximate surface area is 109 Å². The number of rotatable bonds is 2. The highest BCUT2D eigenvalue weighted by molar-refractivity contribution is 7.90. The molecule has 6 heteroatoms. The summed E-state index contributed by atoms with van der Waals surface area (Å²) in [4.78, 5) is 13.6. The van der Waals surface area contributed by atoms with Crippen molar-refractivity contribution in [2.24, 2.45) is 0 Å². The first-order chi connectivity index (χ1) is 8.08. The van der Waals surface area contributed by atoms with Crippen molar-refractivity contribution < 1.29 is 17.9 Å². The number of ether oxygens (including phenoxy) is 1. The topological polar surface area (TPSA) is 63.7 Å². The molecular weight excluding hydrogens is 254 g/mol. The molecule has 18 heavy (non-hydrogen) atoms. The molecule has 0 bridgehead atoms.